The zero-order chi connectivity index (χ0) is 15.6. The molecule has 0 bridgehead atoms. The average Bonchev–Trinajstić information content (AvgIpc) is 2.38. The van der Waals surface area contributed by atoms with Crippen LogP contribution in [0, 0.1) is 5.82 Å². The van der Waals surface area contributed by atoms with Crippen molar-refractivity contribution in [2.24, 2.45) is 5.73 Å². The first-order valence-corrected chi connectivity index (χ1v) is 7.93. The minimum absolute atomic E-state index is 0.138. The third-order valence-corrected chi connectivity index (χ3v) is 4.50. The van der Waals surface area contributed by atoms with E-state index in [2.05, 4.69) is 45.0 Å². The molecule has 3 heteroatoms. The molecule has 0 fully saturated rings. The fourth-order valence-corrected chi connectivity index (χ4v) is 3.26. The molecule has 0 saturated heterocycles. The van der Waals surface area contributed by atoms with E-state index in [1.807, 2.05) is 13.0 Å². The van der Waals surface area contributed by atoms with E-state index >= 15 is 0 Å². The molecule has 0 heterocycles. The van der Waals surface area contributed by atoms with Gasteiger partial charge >= 0.3 is 0 Å². The lowest BCUT2D eigenvalue weighted by Gasteiger charge is -2.19. The summed E-state index contributed by atoms with van der Waals surface area (Å²) in [5, 5.41) is 0. The Bertz CT molecular complexity index is 612. The molecule has 2 aromatic rings. The molecule has 2 rings (SSSR count). The zero-order valence-corrected chi connectivity index (χ0v) is 13.8. The highest BCUT2D eigenvalue weighted by Crippen LogP contribution is 2.35. The first-order valence-electron chi connectivity index (χ1n) is 7.11. The molecule has 0 aromatic heterocycles. The van der Waals surface area contributed by atoms with Crippen LogP contribution in [0.25, 0.3) is 0 Å². The van der Waals surface area contributed by atoms with E-state index in [4.69, 9.17) is 5.73 Å². The van der Waals surface area contributed by atoms with Crippen LogP contribution in [-0.4, -0.2) is 0 Å². The fourth-order valence-electron chi connectivity index (χ4n) is 2.20. The third-order valence-electron chi connectivity index (χ3n) is 3.42. The van der Waals surface area contributed by atoms with Crippen molar-refractivity contribution in [1.82, 2.24) is 0 Å². The molecular formula is C18H22FNS. The van der Waals surface area contributed by atoms with Crippen molar-refractivity contribution in [2.45, 2.75) is 48.9 Å². The first-order chi connectivity index (χ1) is 9.79. The van der Waals surface area contributed by atoms with Crippen LogP contribution in [0.3, 0.4) is 0 Å². The van der Waals surface area contributed by atoms with Gasteiger partial charge in [0, 0.05) is 21.4 Å². The van der Waals surface area contributed by atoms with E-state index in [0.29, 0.717) is 5.56 Å². The van der Waals surface area contributed by atoms with E-state index in [0.717, 1.165) is 9.79 Å². The van der Waals surface area contributed by atoms with Crippen LogP contribution >= 0.6 is 11.8 Å². The number of hydrogen-bond acceptors (Lipinski definition) is 2. The van der Waals surface area contributed by atoms with Crippen molar-refractivity contribution in [3.8, 4) is 0 Å². The topological polar surface area (TPSA) is 26.0 Å². The average molecular weight is 303 g/mol. The maximum Gasteiger partial charge on any atom is 0.129 e. The number of hydrogen-bond donors (Lipinski definition) is 1. The standard InChI is InChI=1S/C18H22FNS/c1-12(20)17-15(19)6-5-7-16(17)21-14-10-8-13(9-11-14)18(2,3)4/h5-12H,20H2,1-4H3/t12-/m1/s1. The Hall–Kier alpha value is -1.32. The first kappa shape index (κ1) is 16.1. The Balaban J connectivity index is 2.29. The molecule has 1 atom stereocenters. The summed E-state index contributed by atoms with van der Waals surface area (Å²) >= 11 is 1.56. The van der Waals surface area contributed by atoms with Gasteiger partial charge in [-0.05, 0) is 42.2 Å². The monoisotopic (exact) mass is 303 g/mol. The van der Waals surface area contributed by atoms with Gasteiger partial charge in [0.2, 0.25) is 0 Å². The highest BCUT2D eigenvalue weighted by Gasteiger charge is 2.15. The van der Waals surface area contributed by atoms with E-state index in [9.17, 15) is 4.39 Å². The Labute approximate surface area is 130 Å². The number of benzene rings is 2. The van der Waals surface area contributed by atoms with Gasteiger partial charge in [0.1, 0.15) is 5.82 Å². The lowest BCUT2D eigenvalue weighted by molar-refractivity contribution is 0.585. The van der Waals surface area contributed by atoms with Gasteiger partial charge in [-0.2, -0.15) is 0 Å². The number of nitrogens with two attached hydrogens (primary N) is 1. The van der Waals surface area contributed by atoms with E-state index < -0.39 is 0 Å². The molecule has 0 unspecified atom stereocenters. The number of rotatable bonds is 3. The van der Waals surface area contributed by atoms with E-state index in [1.54, 1.807) is 17.8 Å². The highest BCUT2D eigenvalue weighted by atomic mass is 32.2. The second kappa shape index (κ2) is 6.20. The van der Waals surface area contributed by atoms with Crippen LogP contribution in [0.4, 0.5) is 4.39 Å². The minimum Gasteiger partial charge on any atom is -0.324 e. The largest absolute Gasteiger partial charge is 0.324 e. The Morgan fingerprint density at radius 3 is 2.19 bits per heavy atom. The molecule has 0 aliphatic carbocycles. The summed E-state index contributed by atoms with van der Waals surface area (Å²) in [7, 11) is 0. The van der Waals surface area contributed by atoms with Gasteiger partial charge in [-0.3, -0.25) is 0 Å². The molecule has 0 aliphatic rings. The summed E-state index contributed by atoms with van der Waals surface area (Å²) in [6.07, 6.45) is 0. The lowest BCUT2D eigenvalue weighted by atomic mass is 9.87. The summed E-state index contributed by atoms with van der Waals surface area (Å²) in [6.45, 7) is 8.38. The normalized spacial score (nSPS) is 13.2. The molecule has 0 spiro atoms. The van der Waals surface area contributed by atoms with Gasteiger partial charge in [0.25, 0.3) is 0 Å². The van der Waals surface area contributed by atoms with Crippen LogP contribution in [0.2, 0.25) is 0 Å². The van der Waals surface area contributed by atoms with Crippen LogP contribution in [0.5, 0.6) is 0 Å². The van der Waals surface area contributed by atoms with Gasteiger partial charge in [-0.15, -0.1) is 0 Å². The summed E-state index contributed by atoms with van der Waals surface area (Å²) < 4.78 is 13.9. The molecular weight excluding hydrogens is 281 g/mol. The fraction of sp³-hybridized carbons (Fsp3) is 0.333. The van der Waals surface area contributed by atoms with Crippen molar-refractivity contribution in [1.29, 1.82) is 0 Å². The van der Waals surface area contributed by atoms with E-state index in [-0.39, 0.29) is 17.3 Å². The number of halogens is 1. The summed E-state index contributed by atoms with van der Waals surface area (Å²) in [5.41, 5.74) is 7.91. The van der Waals surface area contributed by atoms with Crippen molar-refractivity contribution < 1.29 is 4.39 Å². The molecule has 0 radical (unpaired) electrons. The quantitative estimate of drug-likeness (QED) is 0.833. The van der Waals surface area contributed by atoms with Crippen molar-refractivity contribution in [2.75, 3.05) is 0 Å². The second-order valence-corrected chi connectivity index (χ2v) is 7.43. The van der Waals surface area contributed by atoms with Crippen LogP contribution in [0.15, 0.2) is 52.3 Å². The molecule has 2 N–H and O–H groups in total. The lowest BCUT2D eigenvalue weighted by Crippen LogP contribution is -2.10. The Kier molecular flexibility index (Phi) is 4.74. The maximum absolute atomic E-state index is 13.9. The van der Waals surface area contributed by atoms with Gasteiger partial charge in [0.05, 0.1) is 0 Å². The van der Waals surface area contributed by atoms with Crippen molar-refractivity contribution in [3.05, 3.63) is 59.4 Å². The smallest absolute Gasteiger partial charge is 0.129 e. The second-order valence-electron chi connectivity index (χ2n) is 6.32. The Morgan fingerprint density at radius 1 is 1.05 bits per heavy atom. The summed E-state index contributed by atoms with van der Waals surface area (Å²) in [6, 6.07) is 13.2. The molecule has 21 heavy (non-hydrogen) atoms. The van der Waals surface area contributed by atoms with E-state index in [1.165, 1.54) is 11.6 Å². The van der Waals surface area contributed by atoms with Gasteiger partial charge < -0.3 is 5.73 Å². The van der Waals surface area contributed by atoms with Crippen LogP contribution in [0.1, 0.15) is 44.9 Å². The van der Waals surface area contributed by atoms with Crippen molar-refractivity contribution in [3.63, 3.8) is 0 Å². The SMILES string of the molecule is C[C@@H](N)c1c(F)cccc1Sc1ccc(C(C)(C)C)cc1. The highest BCUT2D eigenvalue weighted by molar-refractivity contribution is 7.99. The molecule has 0 aliphatic heterocycles. The molecule has 0 amide bonds. The minimum atomic E-state index is -0.317. The van der Waals surface area contributed by atoms with Crippen LogP contribution in [-0.2, 0) is 5.41 Å². The maximum atomic E-state index is 13.9. The summed E-state index contributed by atoms with van der Waals surface area (Å²) in [5.74, 6) is -0.235. The predicted octanol–water partition coefficient (Wildman–Crippen LogP) is 5.29. The zero-order valence-electron chi connectivity index (χ0n) is 13.0. The molecule has 1 nitrogen and oxygen atoms in total. The molecule has 2 aromatic carbocycles. The predicted molar refractivity (Wildman–Crippen MR) is 88.3 cm³/mol. The van der Waals surface area contributed by atoms with Crippen molar-refractivity contribution >= 4 is 11.8 Å². The van der Waals surface area contributed by atoms with Gasteiger partial charge in [-0.25, -0.2) is 4.39 Å². The summed E-state index contributed by atoms with van der Waals surface area (Å²) in [4.78, 5) is 1.98. The van der Waals surface area contributed by atoms with Gasteiger partial charge in [-0.1, -0.05) is 50.7 Å². The van der Waals surface area contributed by atoms with Crippen LogP contribution < -0.4 is 5.73 Å². The molecule has 112 valence electrons. The molecule has 0 saturated carbocycles. The Morgan fingerprint density at radius 2 is 1.67 bits per heavy atom. The van der Waals surface area contributed by atoms with Gasteiger partial charge in [0.15, 0.2) is 0 Å². The third kappa shape index (κ3) is 3.86.